The molecule has 3 atom stereocenters. The van der Waals surface area contributed by atoms with Gasteiger partial charge in [0.25, 0.3) is 0 Å². The van der Waals surface area contributed by atoms with Gasteiger partial charge in [-0.05, 0) is 51.1 Å². The molecule has 0 spiro atoms. The summed E-state index contributed by atoms with van der Waals surface area (Å²) in [6, 6.07) is 0.582. The van der Waals surface area contributed by atoms with Gasteiger partial charge in [-0.2, -0.15) is 0 Å². The fraction of sp³-hybridized carbons (Fsp3) is 0.941. The Balaban J connectivity index is 1.58. The molecule has 1 amide bonds. The van der Waals surface area contributed by atoms with Crippen LogP contribution in [-0.4, -0.2) is 53.5 Å². The number of hydrogen-bond donors (Lipinski definition) is 1. The second-order valence-electron chi connectivity index (χ2n) is 7.65. The summed E-state index contributed by atoms with van der Waals surface area (Å²) in [5.74, 6) is 0.821. The zero-order valence-corrected chi connectivity index (χ0v) is 13.5. The molecule has 2 saturated heterocycles. The highest BCUT2D eigenvalue weighted by Crippen LogP contribution is 2.33. The SMILES string of the molecule is CC1CCCC(N)(C(=O)N2CCC(N3CCCCC3)C2)C1. The Labute approximate surface area is 129 Å². The Morgan fingerprint density at radius 3 is 2.57 bits per heavy atom. The monoisotopic (exact) mass is 293 g/mol. The lowest BCUT2D eigenvalue weighted by Crippen LogP contribution is -2.57. The Bertz CT molecular complexity index is 380. The molecule has 3 aliphatic rings. The smallest absolute Gasteiger partial charge is 0.242 e. The molecular formula is C17H31N3O. The lowest BCUT2D eigenvalue weighted by molar-refractivity contribution is -0.138. The van der Waals surface area contributed by atoms with E-state index in [1.54, 1.807) is 0 Å². The van der Waals surface area contributed by atoms with Crippen molar-refractivity contribution in [2.45, 2.75) is 69.9 Å². The first-order valence-electron chi connectivity index (χ1n) is 8.91. The normalized spacial score (nSPS) is 38.7. The van der Waals surface area contributed by atoms with Gasteiger partial charge in [-0.15, -0.1) is 0 Å². The topological polar surface area (TPSA) is 49.6 Å². The van der Waals surface area contributed by atoms with E-state index in [1.807, 2.05) is 0 Å². The van der Waals surface area contributed by atoms with Gasteiger partial charge in [-0.25, -0.2) is 0 Å². The van der Waals surface area contributed by atoms with Crippen LogP contribution in [0.4, 0.5) is 0 Å². The number of piperidine rings is 1. The molecule has 0 aromatic rings. The molecule has 4 heteroatoms. The quantitative estimate of drug-likeness (QED) is 0.847. The van der Waals surface area contributed by atoms with E-state index in [1.165, 1.54) is 38.8 Å². The number of nitrogens with zero attached hydrogens (tertiary/aromatic N) is 2. The maximum atomic E-state index is 12.9. The molecule has 120 valence electrons. The van der Waals surface area contributed by atoms with Crippen LogP contribution in [0.2, 0.25) is 0 Å². The predicted octanol–water partition coefficient (Wildman–Crippen LogP) is 1.98. The second-order valence-corrected chi connectivity index (χ2v) is 7.65. The van der Waals surface area contributed by atoms with Crippen LogP contribution in [0.3, 0.4) is 0 Å². The van der Waals surface area contributed by atoms with E-state index in [2.05, 4.69) is 16.7 Å². The highest BCUT2D eigenvalue weighted by Gasteiger charge is 2.43. The molecule has 3 rings (SSSR count). The molecule has 1 saturated carbocycles. The fourth-order valence-electron chi connectivity index (χ4n) is 4.61. The minimum absolute atomic E-state index is 0.230. The molecule has 0 bridgehead atoms. The lowest BCUT2D eigenvalue weighted by atomic mass is 9.76. The first kappa shape index (κ1) is 15.3. The van der Waals surface area contributed by atoms with Crippen LogP contribution in [-0.2, 0) is 4.79 Å². The van der Waals surface area contributed by atoms with Crippen LogP contribution < -0.4 is 5.73 Å². The second kappa shape index (κ2) is 6.25. The summed E-state index contributed by atoms with van der Waals surface area (Å²) in [5.41, 5.74) is 5.92. The van der Waals surface area contributed by atoms with Gasteiger partial charge in [0, 0.05) is 19.1 Å². The van der Waals surface area contributed by atoms with Gasteiger partial charge < -0.3 is 10.6 Å². The number of carbonyl (C=O) groups excluding carboxylic acids is 1. The fourth-order valence-corrected chi connectivity index (χ4v) is 4.61. The van der Waals surface area contributed by atoms with Crippen molar-refractivity contribution in [3.63, 3.8) is 0 Å². The Kier molecular flexibility index (Phi) is 4.55. The van der Waals surface area contributed by atoms with Gasteiger partial charge >= 0.3 is 0 Å². The average Bonchev–Trinajstić information content (AvgIpc) is 2.97. The van der Waals surface area contributed by atoms with Crippen LogP contribution in [0, 0.1) is 5.92 Å². The number of likely N-dealkylation sites (tertiary alicyclic amines) is 2. The lowest BCUT2D eigenvalue weighted by Gasteiger charge is -2.38. The first-order chi connectivity index (χ1) is 10.1. The number of carbonyl (C=O) groups is 1. The summed E-state index contributed by atoms with van der Waals surface area (Å²) in [4.78, 5) is 17.5. The molecule has 21 heavy (non-hydrogen) atoms. The van der Waals surface area contributed by atoms with Crippen LogP contribution >= 0.6 is 0 Å². The molecule has 0 aromatic heterocycles. The van der Waals surface area contributed by atoms with Crippen molar-refractivity contribution in [2.24, 2.45) is 11.7 Å². The Hall–Kier alpha value is -0.610. The van der Waals surface area contributed by atoms with E-state index in [4.69, 9.17) is 5.73 Å². The summed E-state index contributed by atoms with van der Waals surface area (Å²) >= 11 is 0. The van der Waals surface area contributed by atoms with Crippen molar-refractivity contribution >= 4 is 5.91 Å². The summed E-state index contributed by atoms with van der Waals surface area (Å²) in [5, 5.41) is 0. The van der Waals surface area contributed by atoms with Gasteiger partial charge in [-0.1, -0.05) is 26.2 Å². The van der Waals surface area contributed by atoms with Gasteiger partial charge in [0.2, 0.25) is 5.91 Å². The van der Waals surface area contributed by atoms with Crippen molar-refractivity contribution in [3.8, 4) is 0 Å². The van der Waals surface area contributed by atoms with Crippen molar-refractivity contribution < 1.29 is 4.79 Å². The van der Waals surface area contributed by atoms with Crippen LogP contribution in [0.25, 0.3) is 0 Å². The molecular weight excluding hydrogens is 262 g/mol. The molecule has 2 heterocycles. The van der Waals surface area contributed by atoms with E-state index >= 15 is 0 Å². The summed E-state index contributed by atoms with van der Waals surface area (Å²) < 4.78 is 0. The van der Waals surface area contributed by atoms with E-state index in [9.17, 15) is 4.79 Å². The Morgan fingerprint density at radius 2 is 1.86 bits per heavy atom. The summed E-state index contributed by atoms with van der Waals surface area (Å²) in [7, 11) is 0. The van der Waals surface area contributed by atoms with E-state index in [0.717, 1.165) is 38.8 Å². The van der Waals surface area contributed by atoms with Crippen LogP contribution in [0.15, 0.2) is 0 Å². The van der Waals surface area contributed by atoms with E-state index in [0.29, 0.717) is 12.0 Å². The van der Waals surface area contributed by atoms with Crippen LogP contribution in [0.5, 0.6) is 0 Å². The zero-order chi connectivity index (χ0) is 14.9. The largest absolute Gasteiger partial charge is 0.339 e. The third-order valence-electron chi connectivity index (χ3n) is 5.82. The standard InChI is InChI=1S/C17H31N3O/c1-14-6-5-8-17(18,12-14)16(21)20-11-7-15(13-20)19-9-3-2-4-10-19/h14-15H,2-13,18H2,1H3. The highest BCUT2D eigenvalue weighted by atomic mass is 16.2. The number of hydrogen-bond acceptors (Lipinski definition) is 3. The Morgan fingerprint density at radius 1 is 1.10 bits per heavy atom. The van der Waals surface area contributed by atoms with Crippen molar-refractivity contribution in [3.05, 3.63) is 0 Å². The zero-order valence-electron chi connectivity index (χ0n) is 13.5. The summed E-state index contributed by atoms with van der Waals surface area (Å²) in [6.45, 7) is 6.49. The maximum Gasteiger partial charge on any atom is 0.242 e. The molecule has 0 aromatic carbocycles. The molecule has 0 radical (unpaired) electrons. The van der Waals surface area contributed by atoms with Gasteiger partial charge in [0.1, 0.15) is 0 Å². The minimum Gasteiger partial charge on any atom is -0.339 e. The molecule has 3 fully saturated rings. The summed E-state index contributed by atoms with van der Waals surface area (Å²) in [6.07, 6.45) is 9.23. The molecule has 1 aliphatic carbocycles. The first-order valence-corrected chi connectivity index (χ1v) is 8.91. The van der Waals surface area contributed by atoms with Gasteiger partial charge in [0.05, 0.1) is 5.54 Å². The number of rotatable bonds is 2. The molecule has 3 unspecified atom stereocenters. The van der Waals surface area contributed by atoms with E-state index < -0.39 is 5.54 Å². The maximum absolute atomic E-state index is 12.9. The van der Waals surface area contributed by atoms with E-state index in [-0.39, 0.29) is 5.91 Å². The predicted molar refractivity (Wildman–Crippen MR) is 85.0 cm³/mol. The number of amides is 1. The highest BCUT2D eigenvalue weighted by molar-refractivity contribution is 5.86. The van der Waals surface area contributed by atoms with Crippen molar-refractivity contribution in [1.29, 1.82) is 0 Å². The van der Waals surface area contributed by atoms with Crippen molar-refractivity contribution in [1.82, 2.24) is 9.80 Å². The van der Waals surface area contributed by atoms with Crippen molar-refractivity contribution in [2.75, 3.05) is 26.2 Å². The minimum atomic E-state index is -0.575. The average molecular weight is 293 g/mol. The molecule has 2 aliphatic heterocycles. The van der Waals surface area contributed by atoms with Gasteiger partial charge in [0.15, 0.2) is 0 Å². The third kappa shape index (κ3) is 3.26. The third-order valence-corrected chi connectivity index (χ3v) is 5.82. The number of nitrogens with two attached hydrogens (primary N) is 1. The van der Waals surface area contributed by atoms with Gasteiger partial charge in [-0.3, -0.25) is 9.69 Å². The molecule has 4 nitrogen and oxygen atoms in total. The molecule has 2 N–H and O–H groups in total. The van der Waals surface area contributed by atoms with Crippen LogP contribution in [0.1, 0.15) is 58.3 Å².